The van der Waals surface area contributed by atoms with Gasteiger partial charge in [0.2, 0.25) is 23.6 Å². The molecule has 4 atom stereocenters. The second kappa shape index (κ2) is 16.3. The van der Waals surface area contributed by atoms with Crippen LogP contribution in [-0.2, 0) is 36.8 Å². The highest BCUT2D eigenvalue weighted by Crippen LogP contribution is 2.19. The minimum absolute atomic E-state index is 0.0653. The molecule has 1 aromatic heterocycles. The zero-order valence-corrected chi connectivity index (χ0v) is 25.3. The zero-order valence-electron chi connectivity index (χ0n) is 24.5. The van der Waals surface area contributed by atoms with Crippen LogP contribution in [0.4, 0.5) is 0 Å². The fraction of sp³-hybridized carbons (Fsp3) is 0.367. The van der Waals surface area contributed by atoms with Gasteiger partial charge in [-0.25, -0.2) is 4.79 Å². The molecule has 13 nitrogen and oxygen atoms in total. The number of carbonyl (C=O) groups is 5. The van der Waals surface area contributed by atoms with Gasteiger partial charge in [-0.15, -0.1) is 0 Å². The van der Waals surface area contributed by atoms with E-state index in [-0.39, 0.29) is 25.0 Å². The van der Waals surface area contributed by atoms with E-state index in [2.05, 4.69) is 26.3 Å². The van der Waals surface area contributed by atoms with Crippen molar-refractivity contribution in [3.8, 4) is 5.75 Å². The highest BCUT2D eigenvalue weighted by Gasteiger charge is 2.28. The standard InChI is InChI=1S/C30H38N6O7S/c1-17(34-28(40)22(31)13-18-7-9-20(37)10-8-18)27(39)33-16-26(38)35-25(29(41)36-24(30(42)43)11-12-44-2)14-19-15-32-23-6-4-3-5-21(19)23/h3-10,15,17,22,24-25,32,37H,11-14,16,31H2,1-2H3,(H,33,39)(H,34,40)(H,35,38)(H,36,41)(H,42,43)/t17-,22-,24-,25-/m0/s1. The van der Waals surface area contributed by atoms with Crippen LogP contribution in [0.25, 0.3) is 10.9 Å². The number of benzene rings is 2. The predicted octanol–water partition coefficient (Wildman–Crippen LogP) is 0.414. The fourth-order valence-electron chi connectivity index (χ4n) is 4.43. The number of phenolic OH excluding ortho intramolecular Hbond substituents is 1. The topological polar surface area (TPSA) is 216 Å². The van der Waals surface area contributed by atoms with Gasteiger partial charge in [-0.3, -0.25) is 19.2 Å². The number of carboxylic acids is 1. The number of thioether (sulfide) groups is 1. The maximum atomic E-state index is 13.2. The molecule has 0 bridgehead atoms. The largest absolute Gasteiger partial charge is 0.508 e. The number of phenols is 1. The summed E-state index contributed by atoms with van der Waals surface area (Å²) in [5.41, 5.74) is 8.26. The molecule has 0 aliphatic heterocycles. The van der Waals surface area contributed by atoms with Crippen molar-refractivity contribution in [2.75, 3.05) is 18.6 Å². The van der Waals surface area contributed by atoms with Crippen molar-refractivity contribution in [3.05, 3.63) is 65.9 Å². The van der Waals surface area contributed by atoms with Gasteiger partial charge in [0.05, 0.1) is 12.6 Å². The normalized spacial score (nSPS) is 13.7. The van der Waals surface area contributed by atoms with Crippen LogP contribution in [0.5, 0.6) is 5.75 Å². The lowest BCUT2D eigenvalue weighted by Gasteiger charge is -2.22. The van der Waals surface area contributed by atoms with Gasteiger partial charge in [0.1, 0.15) is 23.9 Å². The average Bonchev–Trinajstić information content (AvgIpc) is 3.41. The first-order valence-corrected chi connectivity index (χ1v) is 15.4. The number of H-pyrrole nitrogens is 1. The summed E-state index contributed by atoms with van der Waals surface area (Å²) in [6, 6.07) is 9.41. The summed E-state index contributed by atoms with van der Waals surface area (Å²) < 4.78 is 0. The predicted molar refractivity (Wildman–Crippen MR) is 167 cm³/mol. The van der Waals surface area contributed by atoms with Crippen molar-refractivity contribution < 1.29 is 34.2 Å². The molecule has 0 aliphatic carbocycles. The summed E-state index contributed by atoms with van der Waals surface area (Å²) in [5.74, 6) is -3.17. The lowest BCUT2D eigenvalue weighted by Crippen LogP contribution is -2.55. The molecule has 0 radical (unpaired) electrons. The number of nitrogens with one attached hydrogen (secondary N) is 5. The summed E-state index contributed by atoms with van der Waals surface area (Å²) in [4.78, 5) is 66.1. The summed E-state index contributed by atoms with van der Waals surface area (Å²) in [6.07, 6.45) is 4.00. The van der Waals surface area contributed by atoms with Crippen LogP contribution in [-0.4, -0.2) is 87.5 Å². The third-order valence-corrected chi connectivity index (χ3v) is 7.52. The Hall–Kier alpha value is -4.56. The summed E-state index contributed by atoms with van der Waals surface area (Å²) in [7, 11) is 0. The number of carboxylic acid groups (broad SMARTS) is 1. The molecule has 3 aromatic rings. The number of aromatic hydroxyl groups is 1. The molecule has 0 fully saturated rings. The zero-order chi connectivity index (χ0) is 32.2. The maximum Gasteiger partial charge on any atom is 0.326 e. The van der Waals surface area contributed by atoms with E-state index in [1.807, 2.05) is 30.5 Å². The van der Waals surface area contributed by atoms with Gasteiger partial charge in [-0.05, 0) is 61.1 Å². The number of aromatic amines is 1. The Morgan fingerprint density at radius 2 is 1.61 bits per heavy atom. The number of hydrogen-bond acceptors (Lipinski definition) is 8. The number of aromatic nitrogens is 1. The van der Waals surface area contributed by atoms with Gasteiger partial charge in [0.25, 0.3) is 0 Å². The van der Waals surface area contributed by atoms with Gasteiger partial charge in [-0.1, -0.05) is 30.3 Å². The van der Waals surface area contributed by atoms with Gasteiger partial charge in [0.15, 0.2) is 0 Å². The van der Waals surface area contributed by atoms with Crippen LogP contribution < -0.4 is 27.0 Å². The van der Waals surface area contributed by atoms with E-state index >= 15 is 0 Å². The Kier molecular flexibility index (Phi) is 12.6. The first-order chi connectivity index (χ1) is 21.0. The number of para-hydroxylation sites is 1. The second-order valence-corrected chi connectivity index (χ2v) is 11.3. The summed E-state index contributed by atoms with van der Waals surface area (Å²) >= 11 is 1.45. The van der Waals surface area contributed by atoms with Crippen molar-refractivity contribution in [1.29, 1.82) is 0 Å². The van der Waals surface area contributed by atoms with E-state index in [0.717, 1.165) is 22.0 Å². The maximum absolute atomic E-state index is 13.2. The van der Waals surface area contributed by atoms with Crippen LogP contribution in [0.1, 0.15) is 24.5 Å². The Bertz CT molecular complexity index is 1460. The molecule has 1 heterocycles. The summed E-state index contributed by atoms with van der Waals surface area (Å²) in [6.45, 7) is 0.942. The molecular weight excluding hydrogens is 588 g/mol. The van der Waals surface area contributed by atoms with Crippen LogP contribution in [0.2, 0.25) is 0 Å². The molecule has 44 heavy (non-hydrogen) atoms. The molecule has 14 heteroatoms. The van der Waals surface area contributed by atoms with Gasteiger partial charge >= 0.3 is 5.97 Å². The molecule has 3 rings (SSSR count). The fourth-order valence-corrected chi connectivity index (χ4v) is 4.90. The first kappa shape index (κ1) is 33.9. The molecule has 0 aliphatic rings. The Morgan fingerprint density at radius 1 is 0.909 bits per heavy atom. The molecule has 0 saturated heterocycles. The van der Waals surface area contributed by atoms with E-state index in [1.165, 1.54) is 30.8 Å². The molecule has 9 N–H and O–H groups in total. The van der Waals surface area contributed by atoms with Crippen molar-refractivity contribution in [3.63, 3.8) is 0 Å². The monoisotopic (exact) mass is 626 g/mol. The molecule has 2 aromatic carbocycles. The Labute approximate surface area is 258 Å². The van der Waals surface area contributed by atoms with Crippen molar-refractivity contribution in [1.82, 2.24) is 26.3 Å². The lowest BCUT2D eigenvalue weighted by atomic mass is 10.0. The van der Waals surface area contributed by atoms with Crippen LogP contribution in [0.15, 0.2) is 54.7 Å². The third-order valence-electron chi connectivity index (χ3n) is 6.88. The first-order valence-electron chi connectivity index (χ1n) is 14.0. The second-order valence-electron chi connectivity index (χ2n) is 10.3. The third kappa shape index (κ3) is 10.0. The molecule has 4 amide bonds. The molecular formula is C30H38N6O7S. The molecule has 0 unspecified atom stereocenters. The smallest absolute Gasteiger partial charge is 0.326 e. The van der Waals surface area contributed by atoms with Gasteiger partial charge in [0, 0.05) is 23.5 Å². The van der Waals surface area contributed by atoms with E-state index < -0.39 is 60.3 Å². The minimum Gasteiger partial charge on any atom is -0.508 e. The number of carbonyl (C=O) groups excluding carboxylic acids is 4. The van der Waals surface area contributed by atoms with Gasteiger partial charge in [-0.2, -0.15) is 11.8 Å². The van der Waals surface area contributed by atoms with E-state index in [0.29, 0.717) is 5.75 Å². The minimum atomic E-state index is -1.18. The van der Waals surface area contributed by atoms with Crippen molar-refractivity contribution in [2.24, 2.45) is 5.73 Å². The van der Waals surface area contributed by atoms with E-state index in [4.69, 9.17) is 5.73 Å². The Morgan fingerprint density at radius 3 is 2.30 bits per heavy atom. The van der Waals surface area contributed by atoms with Crippen LogP contribution in [0, 0.1) is 0 Å². The highest BCUT2D eigenvalue weighted by atomic mass is 32.2. The molecule has 0 saturated carbocycles. The SMILES string of the molecule is CSCC[C@H](NC(=O)[C@H](Cc1c[nH]c2ccccc12)NC(=O)CNC(=O)[C@H](C)NC(=O)[C@@H](N)Cc1ccc(O)cc1)C(=O)O. The highest BCUT2D eigenvalue weighted by molar-refractivity contribution is 7.98. The number of fused-ring (bicyclic) bond motifs is 1. The van der Waals surface area contributed by atoms with Crippen molar-refractivity contribution in [2.45, 2.75) is 50.4 Å². The molecule has 236 valence electrons. The number of aliphatic carboxylic acids is 1. The number of rotatable bonds is 16. The molecule has 0 spiro atoms. The van der Waals surface area contributed by atoms with Crippen molar-refractivity contribution >= 4 is 52.3 Å². The van der Waals surface area contributed by atoms with E-state index in [9.17, 15) is 34.2 Å². The number of amides is 4. The Balaban J connectivity index is 1.60. The number of hydrogen-bond donors (Lipinski definition) is 8. The quantitative estimate of drug-likeness (QED) is 0.110. The van der Waals surface area contributed by atoms with Gasteiger partial charge < -0.3 is 42.2 Å². The summed E-state index contributed by atoms with van der Waals surface area (Å²) in [5, 5.41) is 29.9. The van der Waals surface area contributed by atoms with E-state index in [1.54, 1.807) is 18.3 Å². The lowest BCUT2D eigenvalue weighted by molar-refractivity contribution is -0.142. The average molecular weight is 627 g/mol. The van der Waals surface area contributed by atoms with Crippen LogP contribution in [0.3, 0.4) is 0 Å². The van der Waals surface area contributed by atoms with Crippen LogP contribution >= 0.6 is 11.8 Å². The number of nitrogens with two attached hydrogens (primary N) is 1.